The normalized spacial score (nSPS) is 14.2. The van der Waals surface area contributed by atoms with Gasteiger partial charge in [0.2, 0.25) is 0 Å². The molecule has 0 fully saturated rings. The van der Waals surface area contributed by atoms with Gasteiger partial charge in [-0.3, -0.25) is 14.6 Å². The third kappa shape index (κ3) is 4.50. The maximum Gasteiger partial charge on any atom is 0.291 e. The number of fused-ring (bicyclic) bond motifs is 1. The van der Waals surface area contributed by atoms with E-state index in [4.69, 9.17) is 4.42 Å². The molecule has 164 valence electrons. The van der Waals surface area contributed by atoms with Crippen molar-refractivity contribution in [2.75, 3.05) is 5.32 Å². The first kappa shape index (κ1) is 22.0. The van der Waals surface area contributed by atoms with Crippen LogP contribution in [0.3, 0.4) is 0 Å². The Kier molecular flexibility index (Phi) is 6.23. The molecule has 0 radical (unpaired) electrons. The number of nitrogens with zero attached hydrogens (tertiary/aromatic N) is 2. The summed E-state index contributed by atoms with van der Waals surface area (Å²) in [6.07, 6.45) is 5.31. The van der Waals surface area contributed by atoms with Crippen LogP contribution in [0.1, 0.15) is 61.8 Å². The van der Waals surface area contributed by atoms with Crippen molar-refractivity contribution in [2.24, 2.45) is 5.10 Å². The quantitative estimate of drug-likeness (QED) is 0.493. The summed E-state index contributed by atoms with van der Waals surface area (Å²) in [6, 6.07) is 7.45. The average molecular weight is 495 g/mol. The number of carbonyl (C=O) groups excluding carboxylic acids is 2. The number of carbonyl (C=O) groups is 2. The molecule has 0 unspecified atom stereocenters. The number of pyridine rings is 1. The molecule has 8 heteroatoms. The summed E-state index contributed by atoms with van der Waals surface area (Å²) in [5.41, 5.74) is 8.20. The van der Waals surface area contributed by atoms with Gasteiger partial charge in [-0.15, -0.1) is 0 Å². The van der Waals surface area contributed by atoms with E-state index in [2.05, 4.69) is 36.8 Å². The number of benzene rings is 1. The Morgan fingerprint density at radius 2 is 1.88 bits per heavy atom. The molecule has 2 N–H and O–H groups in total. The van der Waals surface area contributed by atoms with Gasteiger partial charge in [0.25, 0.3) is 11.8 Å². The Hall–Kier alpha value is -3.26. The lowest BCUT2D eigenvalue weighted by atomic mass is 9.93. The fourth-order valence-corrected chi connectivity index (χ4v) is 4.09. The summed E-state index contributed by atoms with van der Waals surface area (Å²) in [7, 11) is 0. The van der Waals surface area contributed by atoms with Gasteiger partial charge in [0.1, 0.15) is 5.76 Å². The first-order valence-corrected chi connectivity index (χ1v) is 11.1. The van der Waals surface area contributed by atoms with E-state index in [0.29, 0.717) is 22.2 Å². The molecule has 3 aromatic rings. The highest BCUT2D eigenvalue weighted by atomic mass is 79.9. The number of aromatic nitrogens is 1. The molecule has 0 bridgehead atoms. The SMILES string of the molecule is Cc1ccc(NC(=O)c2oc3c(c2C)/C(=N/NC(=O)c2cncc(Br)c2)CCC3)cc1C. The molecule has 7 nitrogen and oxygen atoms in total. The maximum atomic E-state index is 12.9. The Balaban J connectivity index is 1.57. The molecule has 4 rings (SSSR count). The Morgan fingerprint density at radius 1 is 1.06 bits per heavy atom. The Labute approximate surface area is 194 Å². The molecule has 1 aliphatic rings. The van der Waals surface area contributed by atoms with Gasteiger partial charge in [-0.1, -0.05) is 6.07 Å². The minimum Gasteiger partial charge on any atom is -0.455 e. The number of rotatable bonds is 4. The maximum absolute atomic E-state index is 12.9. The fraction of sp³-hybridized carbons (Fsp3) is 0.250. The van der Waals surface area contributed by atoms with Gasteiger partial charge in [0.05, 0.1) is 11.3 Å². The highest BCUT2D eigenvalue weighted by molar-refractivity contribution is 9.10. The highest BCUT2D eigenvalue weighted by Gasteiger charge is 2.28. The third-order valence-corrected chi connectivity index (χ3v) is 5.99. The number of anilines is 1. The van der Waals surface area contributed by atoms with E-state index < -0.39 is 0 Å². The van der Waals surface area contributed by atoms with Crippen molar-refractivity contribution in [1.82, 2.24) is 10.4 Å². The van der Waals surface area contributed by atoms with E-state index in [1.165, 1.54) is 6.20 Å². The van der Waals surface area contributed by atoms with Crippen molar-refractivity contribution in [3.8, 4) is 0 Å². The standard InChI is InChI=1S/C24H23BrN4O3/c1-13-7-8-18(9-14(13)2)27-24(31)22-15(3)21-19(5-4-6-20(21)32-22)28-29-23(30)16-10-17(25)12-26-11-16/h7-12H,4-6H2,1-3H3,(H,27,31)(H,29,30)/b28-19+. The minimum absolute atomic E-state index is 0.269. The summed E-state index contributed by atoms with van der Waals surface area (Å²) >= 11 is 3.31. The van der Waals surface area contributed by atoms with Gasteiger partial charge in [-0.2, -0.15) is 5.10 Å². The van der Waals surface area contributed by atoms with Crippen LogP contribution in [-0.4, -0.2) is 22.5 Å². The van der Waals surface area contributed by atoms with Gasteiger partial charge in [-0.05, 0) is 78.9 Å². The summed E-state index contributed by atoms with van der Waals surface area (Å²) in [5, 5.41) is 7.27. The second-order valence-corrected chi connectivity index (χ2v) is 8.77. The molecule has 0 saturated carbocycles. The number of furan rings is 1. The predicted molar refractivity (Wildman–Crippen MR) is 126 cm³/mol. The molecule has 2 amide bonds. The van der Waals surface area contributed by atoms with Crippen molar-refractivity contribution in [2.45, 2.75) is 40.0 Å². The number of hydrogen-bond acceptors (Lipinski definition) is 5. The van der Waals surface area contributed by atoms with Crippen LogP contribution in [0.5, 0.6) is 0 Å². The van der Waals surface area contributed by atoms with Gasteiger partial charge in [0, 0.05) is 40.1 Å². The topological polar surface area (TPSA) is 96.6 Å². The molecule has 2 aromatic heterocycles. The average Bonchev–Trinajstić information content (AvgIpc) is 3.12. The Morgan fingerprint density at radius 3 is 2.62 bits per heavy atom. The lowest BCUT2D eigenvalue weighted by Gasteiger charge is -2.13. The van der Waals surface area contributed by atoms with E-state index in [1.807, 2.05) is 39.0 Å². The molecule has 0 aliphatic heterocycles. The molecular formula is C24H23BrN4O3. The number of amides is 2. The van der Waals surface area contributed by atoms with Crippen LogP contribution in [0.15, 0.2) is 50.7 Å². The molecule has 0 atom stereocenters. The van der Waals surface area contributed by atoms with Gasteiger partial charge < -0.3 is 9.73 Å². The van der Waals surface area contributed by atoms with Crippen molar-refractivity contribution >= 4 is 39.1 Å². The number of aryl methyl sites for hydroxylation is 3. The Bertz CT molecular complexity index is 1250. The van der Waals surface area contributed by atoms with Crippen LogP contribution in [0, 0.1) is 20.8 Å². The first-order chi connectivity index (χ1) is 15.3. The van der Waals surface area contributed by atoms with Crippen LogP contribution < -0.4 is 10.7 Å². The molecule has 0 spiro atoms. The second kappa shape index (κ2) is 9.08. The van der Waals surface area contributed by atoms with E-state index in [1.54, 1.807) is 12.3 Å². The summed E-state index contributed by atoms with van der Waals surface area (Å²) in [5.74, 6) is 0.331. The zero-order valence-corrected chi connectivity index (χ0v) is 19.7. The number of hydrazone groups is 1. The predicted octanol–water partition coefficient (Wildman–Crippen LogP) is 5.09. The molecule has 2 heterocycles. The number of nitrogens with one attached hydrogen (secondary N) is 2. The number of hydrogen-bond donors (Lipinski definition) is 2. The van der Waals surface area contributed by atoms with Crippen LogP contribution in [0.25, 0.3) is 0 Å². The zero-order chi connectivity index (χ0) is 22.8. The monoisotopic (exact) mass is 494 g/mol. The minimum atomic E-state index is -0.354. The fourth-order valence-electron chi connectivity index (χ4n) is 3.72. The third-order valence-electron chi connectivity index (χ3n) is 5.56. The van der Waals surface area contributed by atoms with Gasteiger partial charge >= 0.3 is 0 Å². The van der Waals surface area contributed by atoms with E-state index in [-0.39, 0.29) is 17.6 Å². The van der Waals surface area contributed by atoms with Crippen molar-refractivity contribution in [3.05, 3.63) is 80.5 Å². The summed E-state index contributed by atoms with van der Waals surface area (Å²) < 4.78 is 6.65. The lowest BCUT2D eigenvalue weighted by molar-refractivity contribution is 0.0953. The van der Waals surface area contributed by atoms with Crippen LogP contribution >= 0.6 is 15.9 Å². The smallest absolute Gasteiger partial charge is 0.291 e. The lowest BCUT2D eigenvalue weighted by Crippen LogP contribution is -2.22. The molecular weight excluding hydrogens is 472 g/mol. The molecule has 1 aliphatic carbocycles. The van der Waals surface area contributed by atoms with Crippen LogP contribution in [0.2, 0.25) is 0 Å². The van der Waals surface area contributed by atoms with Gasteiger partial charge in [0.15, 0.2) is 5.76 Å². The van der Waals surface area contributed by atoms with Gasteiger partial charge in [-0.25, -0.2) is 5.43 Å². The largest absolute Gasteiger partial charge is 0.455 e. The van der Waals surface area contributed by atoms with E-state index in [9.17, 15) is 9.59 Å². The van der Waals surface area contributed by atoms with E-state index >= 15 is 0 Å². The van der Waals surface area contributed by atoms with Crippen LogP contribution in [0.4, 0.5) is 5.69 Å². The van der Waals surface area contributed by atoms with Crippen molar-refractivity contribution in [1.29, 1.82) is 0 Å². The van der Waals surface area contributed by atoms with Crippen LogP contribution in [-0.2, 0) is 6.42 Å². The molecule has 0 saturated heterocycles. The van der Waals surface area contributed by atoms with E-state index in [0.717, 1.165) is 46.5 Å². The molecule has 1 aromatic carbocycles. The first-order valence-electron chi connectivity index (χ1n) is 10.3. The zero-order valence-electron chi connectivity index (χ0n) is 18.1. The molecule has 32 heavy (non-hydrogen) atoms. The van der Waals surface area contributed by atoms with Crippen molar-refractivity contribution in [3.63, 3.8) is 0 Å². The summed E-state index contributed by atoms with van der Waals surface area (Å²) in [4.78, 5) is 29.4. The number of halogens is 1. The summed E-state index contributed by atoms with van der Waals surface area (Å²) in [6.45, 7) is 5.88. The highest BCUT2D eigenvalue weighted by Crippen LogP contribution is 2.30. The second-order valence-electron chi connectivity index (χ2n) is 7.85. The van der Waals surface area contributed by atoms with Crippen molar-refractivity contribution < 1.29 is 14.0 Å².